The number of alkyl halides is 2. The molecule has 0 aliphatic carbocycles. The van der Waals surface area contributed by atoms with Crippen LogP contribution < -0.4 is 14.8 Å². The summed E-state index contributed by atoms with van der Waals surface area (Å²) in [6.07, 6.45) is 1.14. The Morgan fingerprint density at radius 3 is 2.29 bits per heavy atom. The van der Waals surface area contributed by atoms with Crippen LogP contribution in [0.15, 0.2) is 53.4 Å². The number of carbonyl (C=O) groups is 1. The SMILES string of the molecule is O=C(CN1CCC(NS(=O)(=O)c2ccc(Cl)cc2)CC1)Nc1ccc(OC(F)F)cc1. The van der Waals surface area contributed by atoms with Gasteiger partial charge in [0.05, 0.1) is 11.4 Å². The van der Waals surface area contributed by atoms with Crippen molar-refractivity contribution in [2.24, 2.45) is 0 Å². The molecule has 11 heteroatoms. The van der Waals surface area contributed by atoms with Crippen molar-refractivity contribution >= 4 is 33.2 Å². The monoisotopic (exact) mass is 473 g/mol. The van der Waals surface area contributed by atoms with Gasteiger partial charge in [0, 0.05) is 29.8 Å². The van der Waals surface area contributed by atoms with Gasteiger partial charge in [0.2, 0.25) is 15.9 Å². The summed E-state index contributed by atoms with van der Waals surface area (Å²) in [7, 11) is -3.63. The molecule has 1 saturated heterocycles. The molecule has 1 heterocycles. The summed E-state index contributed by atoms with van der Waals surface area (Å²) < 4.78 is 56.3. The Balaban J connectivity index is 1.44. The quantitative estimate of drug-likeness (QED) is 0.614. The lowest BCUT2D eigenvalue weighted by Gasteiger charge is -2.31. The molecule has 1 fully saturated rings. The highest BCUT2D eigenvalue weighted by atomic mass is 35.5. The largest absolute Gasteiger partial charge is 0.435 e. The van der Waals surface area contributed by atoms with Crippen LogP contribution in [-0.2, 0) is 14.8 Å². The number of piperidine rings is 1. The van der Waals surface area contributed by atoms with Crippen LogP contribution in [0.1, 0.15) is 12.8 Å². The smallest absolute Gasteiger partial charge is 0.387 e. The molecule has 7 nitrogen and oxygen atoms in total. The summed E-state index contributed by atoms with van der Waals surface area (Å²) in [6, 6.07) is 11.4. The van der Waals surface area contributed by atoms with Gasteiger partial charge in [0.25, 0.3) is 0 Å². The summed E-state index contributed by atoms with van der Waals surface area (Å²) in [5.74, 6) is -0.237. The molecule has 1 amide bonds. The molecule has 0 saturated carbocycles. The zero-order chi connectivity index (χ0) is 22.4. The van der Waals surface area contributed by atoms with Crippen LogP contribution in [0.3, 0.4) is 0 Å². The van der Waals surface area contributed by atoms with E-state index in [1.807, 2.05) is 4.90 Å². The minimum Gasteiger partial charge on any atom is -0.435 e. The van der Waals surface area contributed by atoms with Crippen LogP contribution in [0.5, 0.6) is 5.75 Å². The van der Waals surface area contributed by atoms with Crippen LogP contribution in [0.2, 0.25) is 5.02 Å². The van der Waals surface area contributed by atoms with Gasteiger partial charge in [-0.2, -0.15) is 8.78 Å². The molecule has 1 aliphatic rings. The summed E-state index contributed by atoms with van der Waals surface area (Å²) in [5.41, 5.74) is 0.470. The first-order chi connectivity index (χ1) is 14.7. The molecule has 1 aliphatic heterocycles. The average Bonchev–Trinajstić information content (AvgIpc) is 2.71. The highest BCUT2D eigenvalue weighted by Gasteiger charge is 2.25. The lowest BCUT2D eigenvalue weighted by molar-refractivity contribution is -0.117. The number of likely N-dealkylation sites (tertiary alicyclic amines) is 1. The van der Waals surface area contributed by atoms with Gasteiger partial charge in [-0.25, -0.2) is 13.1 Å². The van der Waals surface area contributed by atoms with Crippen LogP contribution in [0.4, 0.5) is 14.5 Å². The van der Waals surface area contributed by atoms with E-state index in [0.29, 0.717) is 36.6 Å². The maximum absolute atomic E-state index is 12.5. The molecule has 0 spiro atoms. The van der Waals surface area contributed by atoms with Crippen molar-refractivity contribution < 1.29 is 26.7 Å². The van der Waals surface area contributed by atoms with E-state index >= 15 is 0 Å². The van der Waals surface area contributed by atoms with E-state index in [4.69, 9.17) is 11.6 Å². The van der Waals surface area contributed by atoms with Crippen LogP contribution in [0.25, 0.3) is 0 Å². The Morgan fingerprint density at radius 1 is 1.10 bits per heavy atom. The fraction of sp³-hybridized carbons (Fsp3) is 0.350. The predicted molar refractivity (Wildman–Crippen MR) is 113 cm³/mol. The average molecular weight is 474 g/mol. The number of sulfonamides is 1. The van der Waals surface area contributed by atoms with Gasteiger partial charge < -0.3 is 10.1 Å². The van der Waals surface area contributed by atoms with Gasteiger partial charge in [-0.15, -0.1) is 0 Å². The Hall–Kier alpha value is -2.27. The minimum absolute atomic E-state index is 0.0103. The number of anilines is 1. The molecule has 2 aromatic carbocycles. The van der Waals surface area contributed by atoms with Crippen LogP contribution >= 0.6 is 11.6 Å². The summed E-state index contributed by atoms with van der Waals surface area (Å²) in [6.45, 7) is -1.64. The number of amides is 1. The zero-order valence-electron chi connectivity index (χ0n) is 16.4. The van der Waals surface area contributed by atoms with Crippen molar-refractivity contribution in [3.8, 4) is 5.75 Å². The molecule has 0 atom stereocenters. The molecule has 2 N–H and O–H groups in total. The molecule has 31 heavy (non-hydrogen) atoms. The summed E-state index contributed by atoms with van der Waals surface area (Å²) >= 11 is 5.80. The standard InChI is InChI=1S/C20H22ClF2N3O4S/c21-14-1-7-18(8-2-14)31(28,29)25-16-9-11-26(12-10-16)13-19(27)24-15-3-5-17(6-4-15)30-20(22)23/h1-8,16,20,25H,9-13H2,(H,24,27). The number of rotatable bonds is 8. The summed E-state index contributed by atoms with van der Waals surface area (Å²) in [5, 5.41) is 3.16. The first-order valence-corrected chi connectivity index (χ1v) is 11.4. The fourth-order valence-electron chi connectivity index (χ4n) is 3.23. The summed E-state index contributed by atoms with van der Waals surface area (Å²) in [4.78, 5) is 14.3. The molecule has 0 unspecified atom stereocenters. The third-order valence-corrected chi connectivity index (χ3v) is 6.55. The van der Waals surface area contributed by atoms with Crippen molar-refractivity contribution in [2.75, 3.05) is 25.0 Å². The number of hydrogen-bond acceptors (Lipinski definition) is 5. The maximum Gasteiger partial charge on any atom is 0.387 e. The molecule has 2 aromatic rings. The second-order valence-corrected chi connectivity index (χ2v) is 9.23. The van der Waals surface area contributed by atoms with Gasteiger partial charge >= 0.3 is 6.61 Å². The second-order valence-electron chi connectivity index (χ2n) is 7.08. The normalized spacial score (nSPS) is 15.7. The van der Waals surface area contributed by atoms with Crippen LogP contribution in [0, 0.1) is 0 Å². The molecule has 0 radical (unpaired) electrons. The van der Waals surface area contributed by atoms with E-state index in [9.17, 15) is 22.0 Å². The predicted octanol–water partition coefficient (Wildman–Crippen LogP) is 3.32. The van der Waals surface area contributed by atoms with Crippen molar-refractivity contribution in [1.29, 1.82) is 0 Å². The molecule has 168 valence electrons. The Morgan fingerprint density at radius 2 is 1.71 bits per heavy atom. The van der Waals surface area contributed by atoms with E-state index in [1.54, 1.807) is 0 Å². The third kappa shape index (κ3) is 7.13. The number of benzene rings is 2. The number of carbonyl (C=O) groups excluding carboxylic acids is 1. The molecule has 0 bridgehead atoms. The van der Waals surface area contributed by atoms with E-state index in [-0.39, 0.29) is 29.1 Å². The molecular weight excluding hydrogens is 452 g/mol. The first-order valence-electron chi connectivity index (χ1n) is 9.56. The maximum atomic E-state index is 12.5. The Kier molecular flexibility index (Phi) is 7.82. The molecule has 3 rings (SSSR count). The fourth-order valence-corrected chi connectivity index (χ4v) is 4.66. The number of ether oxygens (including phenoxy) is 1. The molecular formula is C20H22ClF2N3O4S. The first kappa shape index (κ1) is 23.4. The van der Waals surface area contributed by atoms with Gasteiger partial charge in [-0.1, -0.05) is 11.6 Å². The number of halogens is 3. The lowest BCUT2D eigenvalue weighted by Crippen LogP contribution is -2.46. The van der Waals surface area contributed by atoms with Crippen molar-refractivity contribution in [3.63, 3.8) is 0 Å². The van der Waals surface area contributed by atoms with Gasteiger partial charge in [-0.3, -0.25) is 9.69 Å². The topological polar surface area (TPSA) is 87.7 Å². The van der Waals surface area contributed by atoms with Gasteiger partial charge in [-0.05, 0) is 61.4 Å². The number of nitrogens with one attached hydrogen (secondary N) is 2. The van der Waals surface area contributed by atoms with Gasteiger partial charge in [0.15, 0.2) is 0 Å². The third-order valence-electron chi connectivity index (χ3n) is 4.76. The second kappa shape index (κ2) is 10.4. The van der Waals surface area contributed by atoms with E-state index in [2.05, 4.69) is 14.8 Å². The Bertz CT molecular complexity index is 980. The highest BCUT2D eigenvalue weighted by molar-refractivity contribution is 7.89. The lowest BCUT2D eigenvalue weighted by atomic mass is 10.1. The highest BCUT2D eigenvalue weighted by Crippen LogP contribution is 2.19. The van der Waals surface area contributed by atoms with Crippen LogP contribution in [-0.4, -0.2) is 51.5 Å². The Labute approximate surface area is 184 Å². The van der Waals surface area contributed by atoms with Crippen molar-refractivity contribution in [1.82, 2.24) is 9.62 Å². The number of nitrogens with zero attached hydrogens (tertiary/aromatic N) is 1. The van der Waals surface area contributed by atoms with E-state index in [1.165, 1.54) is 48.5 Å². The molecule has 0 aromatic heterocycles. The van der Waals surface area contributed by atoms with Crippen molar-refractivity contribution in [3.05, 3.63) is 53.6 Å². The number of hydrogen-bond donors (Lipinski definition) is 2. The van der Waals surface area contributed by atoms with E-state index in [0.717, 1.165) is 0 Å². The van der Waals surface area contributed by atoms with Gasteiger partial charge in [0.1, 0.15) is 5.75 Å². The minimum atomic E-state index is -3.63. The van der Waals surface area contributed by atoms with Crippen molar-refractivity contribution in [2.45, 2.75) is 30.4 Å². The zero-order valence-corrected chi connectivity index (χ0v) is 18.0. The van der Waals surface area contributed by atoms with E-state index < -0.39 is 16.6 Å².